The van der Waals surface area contributed by atoms with Crippen molar-refractivity contribution in [3.05, 3.63) is 35.9 Å². The van der Waals surface area contributed by atoms with Gasteiger partial charge in [0, 0.05) is 44.6 Å². The first kappa shape index (κ1) is 17.2. The normalized spacial score (nSPS) is 24.4. The topological polar surface area (TPSA) is 60.9 Å². The summed E-state index contributed by atoms with van der Waals surface area (Å²) >= 11 is 0. The molecule has 4 rings (SSSR count). The predicted octanol–water partition coefficient (Wildman–Crippen LogP) is 1.05. The lowest BCUT2D eigenvalue weighted by atomic mass is 10.0. The van der Waals surface area contributed by atoms with Crippen LogP contribution in [0.15, 0.2) is 30.3 Å². The minimum atomic E-state index is -0.223. The van der Waals surface area contributed by atoms with Crippen LogP contribution < -0.4 is 0 Å². The molecule has 2 heterocycles. The monoisotopic (exact) mass is 355 g/mol. The number of nitrogens with zero attached hydrogens (tertiary/aromatic N) is 3. The summed E-state index contributed by atoms with van der Waals surface area (Å²) in [5, 5.41) is 0. The van der Waals surface area contributed by atoms with E-state index in [0.29, 0.717) is 12.6 Å². The van der Waals surface area contributed by atoms with Crippen molar-refractivity contribution in [1.29, 1.82) is 0 Å². The average molecular weight is 355 g/mol. The van der Waals surface area contributed by atoms with Gasteiger partial charge in [-0.1, -0.05) is 30.3 Å². The van der Waals surface area contributed by atoms with Crippen molar-refractivity contribution >= 4 is 17.7 Å². The number of piperazine rings is 1. The van der Waals surface area contributed by atoms with Crippen LogP contribution in [-0.2, 0) is 20.8 Å². The number of rotatable bonds is 5. The molecule has 1 aromatic carbocycles. The van der Waals surface area contributed by atoms with Gasteiger partial charge in [-0.25, -0.2) is 0 Å². The number of carbonyl (C=O) groups is 3. The van der Waals surface area contributed by atoms with Crippen molar-refractivity contribution in [2.75, 3.05) is 26.2 Å². The molecule has 3 amide bonds. The van der Waals surface area contributed by atoms with Gasteiger partial charge in [0.05, 0.1) is 0 Å². The van der Waals surface area contributed by atoms with E-state index in [4.69, 9.17) is 0 Å². The highest BCUT2D eigenvalue weighted by atomic mass is 16.2. The van der Waals surface area contributed by atoms with E-state index in [9.17, 15) is 14.4 Å². The Labute approximate surface area is 153 Å². The summed E-state index contributed by atoms with van der Waals surface area (Å²) in [6.07, 6.45) is 3.77. The fourth-order valence-electron chi connectivity index (χ4n) is 4.07. The van der Waals surface area contributed by atoms with E-state index in [0.717, 1.165) is 24.4 Å². The van der Waals surface area contributed by atoms with Gasteiger partial charge in [-0.15, -0.1) is 0 Å². The quantitative estimate of drug-likeness (QED) is 0.741. The summed E-state index contributed by atoms with van der Waals surface area (Å²) < 4.78 is 0. The molecule has 138 valence electrons. The highest BCUT2D eigenvalue weighted by Crippen LogP contribution is 2.29. The van der Waals surface area contributed by atoms with E-state index in [2.05, 4.69) is 17.0 Å². The van der Waals surface area contributed by atoms with Gasteiger partial charge in [-0.2, -0.15) is 0 Å². The zero-order valence-electron chi connectivity index (χ0n) is 15.0. The fourth-order valence-corrected chi connectivity index (χ4v) is 4.07. The van der Waals surface area contributed by atoms with Crippen LogP contribution in [0.2, 0.25) is 0 Å². The molecule has 1 aliphatic carbocycles. The first-order valence-electron chi connectivity index (χ1n) is 9.52. The van der Waals surface area contributed by atoms with Crippen LogP contribution in [0, 0.1) is 0 Å². The number of carbonyl (C=O) groups excluding carboxylic acids is 3. The van der Waals surface area contributed by atoms with Crippen LogP contribution in [-0.4, -0.2) is 70.7 Å². The van der Waals surface area contributed by atoms with Gasteiger partial charge < -0.3 is 4.90 Å². The van der Waals surface area contributed by atoms with Crippen molar-refractivity contribution in [3.63, 3.8) is 0 Å². The second kappa shape index (κ2) is 7.19. The number of amides is 3. The molecule has 6 heteroatoms. The Morgan fingerprint density at radius 2 is 1.69 bits per heavy atom. The van der Waals surface area contributed by atoms with Crippen molar-refractivity contribution in [2.45, 2.75) is 44.2 Å². The predicted molar refractivity (Wildman–Crippen MR) is 96.2 cm³/mol. The standard InChI is InChI=1S/C20H25N3O3/c24-18-8-9-19(25)23(18)14-20(26)22-11-10-21(16-6-7-16)13-17(22)12-15-4-2-1-3-5-15/h1-5,16-17H,6-14H2. The molecule has 0 N–H and O–H groups in total. The maximum Gasteiger partial charge on any atom is 0.243 e. The SMILES string of the molecule is O=C1CCC(=O)N1CC(=O)N1CCN(C2CC2)CC1Cc1ccccc1. The van der Waals surface area contributed by atoms with Crippen molar-refractivity contribution in [3.8, 4) is 0 Å². The molecule has 26 heavy (non-hydrogen) atoms. The molecule has 1 unspecified atom stereocenters. The largest absolute Gasteiger partial charge is 0.335 e. The van der Waals surface area contributed by atoms with Crippen molar-refractivity contribution < 1.29 is 14.4 Å². The lowest BCUT2D eigenvalue weighted by Gasteiger charge is -2.42. The number of benzene rings is 1. The molecule has 0 aromatic heterocycles. The second-order valence-electron chi connectivity index (χ2n) is 7.53. The first-order valence-corrected chi connectivity index (χ1v) is 9.52. The Bertz CT molecular complexity index is 686. The lowest BCUT2D eigenvalue weighted by Crippen LogP contribution is -2.58. The van der Waals surface area contributed by atoms with Gasteiger partial charge in [0.25, 0.3) is 0 Å². The second-order valence-corrected chi connectivity index (χ2v) is 7.53. The van der Waals surface area contributed by atoms with Crippen LogP contribution in [0.5, 0.6) is 0 Å². The van der Waals surface area contributed by atoms with Gasteiger partial charge >= 0.3 is 0 Å². The van der Waals surface area contributed by atoms with Crippen LogP contribution in [0.4, 0.5) is 0 Å². The van der Waals surface area contributed by atoms with E-state index in [1.165, 1.54) is 18.4 Å². The Morgan fingerprint density at radius 1 is 1.00 bits per heavy atom. The van der Waals surface area contributed by atoms with Crippen LogP contribution in [0.1, 0.15) is 31.2 Å². The fraction of sp³-hybridized carbons (Fsp3) is 0.550. The molecule has 2 aliphatic heterocycles. The molecular formula is C20H25N3O3. The number of imide groups is 1. The molecule has 3 aliphatic rings. The Kier molecular flexibility index (Phi) is 4.76. The van der Waals surface area contributed by atoms with E-state index >= 15 is 0 Å². The zero-order chi connectivity index (χ0) is 18.1. The Morgan fingerprint density at radius 3 is 2.35 bits per heavy atom. The van der Waals surface area contributed by atoms with E-state index in [1.807, 2.05) is 23.1 Å². The van der Waals surface area contributed by atoms with Crippen molar-refractivity contribution in [1.82, 2.24) is 14.7 Å². The summed E-state index contributed by atoms with van der Waals surface area (Å²) in [5.41, 5.74) is 1.21. The maximum atomic E-state index is 12.9. The highest BCUT2D eigenvalue weighted by molar-refractivity contribution is 6.04. The molecular weight excluding hydrogens is 330 g/mol. The number of hydrogen-bond acceptors (Lipinski definition) is 4. The third kappa shape index (κ3) is 3.65. The van der Waals surface area contributed by atoms with Crippen LogP contribution >= 0.6 is 0 Å². The first-order chi connectivity index (χ1) is 12.6. The lowest BCUT2D eigenvalue weighted by molar-refractivity contribution is -0.147. The molecule has 0 radical (unpaired) electrons. The van der Waals surface area contributed by atoms with Crippen LogP contribution in [0.25, 0.3) is 0 Å². The van der Waals surface area contributed by atoms with Gasteiger partial charge in [-0.3, -0.25) is 24.2 Å². The summed E-state index contributed by atoms with van der Waals surface area (Å²) in [4.78, 5) is 42.1. The smallest absolute Gasteiger partial charge is 0.243 e. The van der Waals surface area contributed by atoms with E-state index in [1.54, 1.807) is 0 Å². The Hall–Kier alpha value is -2.21. The molecule has 2 saturated heterocycles. The molecule has 0 bridgehead atoms. The minimum Gasteiger partial charge on any atom is -0.335 e. The van der Waals surface area contributed by atoms with Gasteiger partial charge in [0.15, 0.2) is 0 Å². The molecule has 1 saturated carbocycles. The molecule has 0 spiro atoms. The van der Waals surface area contributed by atoms with Gasteiger partial charge in [-0.05, 0) is 24.8 Å². The zero-order valence-corrected chi connectivity index (χ0v) is 15.0. The van der Waals surface area contributed by atoms with Crippen molar-refractivity contribution in [2.24, 2.45) is 0 Å². The molecule has 1 atom stereocenters. The maximum absolute atomic E-state index is 12.9. The average Bonchev–Trinajstić information content (AvgIpc) is 3.45. The van der Waals surface area contributed by atoms with Gasteiger partial charge in [0.1, 0.15) is 6.54 Å². The highest BCUT2D eigenvalue weighted by Gasteiger charge is 2.39. The Balaban J connectivity index is 1.47. The van der Waals surface area contributed by atoms with E-state index < -0.39 is 0 Å². The molecule has 6 nitrogen and oxygen atoms in total. The number of likely N-dealkylation sites (tertiary alicyclic amines) is 1. The summed E-state index contributed by atoms with van der Waals surface area (Å²) in [6.45, 7) is 2.31. The molecule has 1 aromatic rings. The third-order valence-electron chi connectivity index (χ3n) is 5.66. The minimum absolute atomic E-state index is 0.0899. The van der Waals surface area contributed by atoms with E-state index in [-0.39, 0.29) is 43.1 Å². The summed E-state index contributed by atoms with van der Waals surface area (Å²) in [7, 11) is 0. The van der Waals surface area contributed by atoms with Crippen LogP contribution in [0.3, 0.4) is 0 Å². The molecule has 3 fully saturated rings. The van der Waals surface area contributed by atoms with Gasteiger partial charge in [0.2, 0.25) is 17.7 Å². The third-order valence-corrected chi connectivity index (χ3v) is 5.66. The summed E-state index contributed by atoms with van der Waals surface area (Å²) in [6, 6.07) is 11.0. The number of hydrogen-bond donors (Lipinski definition) is 0. The summed E-state index contributed by atoms with van der Waals surface area (Å²) in [5.74, 6) is -0.552.